The lowest BCUT2D eigenvalue weighted by atomic mass is 9.95. The Labute approximate surface area is 201 Å². The zero-order valence-corrected chi connectivity index (χ0v) is 20.6. The van der Waals surface area contributed by atoms with E-state index in [-0.39, 0.29) is 22.6 Å². The second-order valence-corrected chi connectivity index (χ2v) is 10.1. The zero-order chi connectivity index (χ0) is 24.6. The molecule has 8 nitrogen and oxygen atoms in total. The van der Waals surface area contributed by atoms with E-state index in [1.54, 1.807) is 48.4 Å². The number of anilines is 1. The van der Waals surface area contributed by atoms with E-state index in [2.05, 4.69) is 17.0 Å². The zero-order valence-electron chi connectivity index (χ0n) is 19.7. The van der Waals surface area contributed by atoms with Crippen LogP contribution in [0.4, 0.5) is 5.69 Å². The van der Waals surface area contributed by atoms with Gasteiger partial charge in [-0.25, -0.2) is 8.42 Å². The molecule has 184 valence electrons. The highest BCUT2D eigenvalue weighted by Gasteiger charge is 2.27. The van der Waals surface area contributed by atoms with Gasteiger partial charge in [0.05, 0.1) is 11.5 Å². The van der Waals surface area contributed by atoms with Crippen LogP contribution in [0.25, 0.3) is 0 Å². The summed E-state index contributed by atoms with van der Waals surface area (Å²) in [5, 5.41) is 2.85. The van der Waals surface area contributed by atoms with Crippen molar-refractivity contribution in [2.75, 3.05) is 38.1 Å². The normalized spacial score (nSPS) is 14.6. The maximum absolute atomic E-state index is 12.9. The molecule has 1 saturated heterocycles. The molecule has 0 aliphatic carbocycles. The monoisotopic (exact) mass is 487 g/mol. The van der Waals surface area contributed by atoms with Gasteiger partial charge in [0.25, 0.3) is 15.9 Å². The number of sulfonamides is 1. The number of rotatable bonds is 10. The molecule has 1 heterocycles. The SMILES string of the molecule is CCCc1ccc(S(=O)(=O)Nc2ccc(C(=O)N3CCC(C(=O)NCCOC)CC3)cc2)cc1. The Morgan fingerprint density at radius 3 is 2.26 bits per heavy atom. The Morgan fingerprint density at radius 2 is 1.68 bits per heavy atom. The molecule has 2 aromatic carbocycles. The van der Waals surface area contributed by atoms with Crippen molar-refractivity contribution >= 4 is 27.5 Å². The molecule has 1 fully saturated rings. The molecule has 2 N–H and O–H groups in total. The molecule has 3 rings (SSSR count). The number of amides is 2. The highest BCUT2D eigenvalue weighted by molar-refractivity contribution is 7.92. The number of benzene rings is 2. The van der Waals surface area contributed by atoms with Crippen molar-refractivity contribution < 1.29 is 22.7 Å². The fourth-order valence-corrected chi connectivity index (χ4v) is 5.03. The molecule has 2 aromatic rings. The van der Waals surface area contributed by atoms with Gasteiger partial charge in [0.15, 0.2) is 0 Å². The molecule has 0 unspecified atom stereocenters. The molecule has 2 amide bonds. The van der Waals surface area contributed by atoms with Crippen LogP contribution >= 0.6 is 0 Å². The minimum absolute atomic E-state index is 0.000731. The summed E-state index contributed by atoms with van der Waals surface area (Å²) in [5.74, 6) is -0.228. The van der Waals surface area contributed by atoms with E-state index in [0.29, 0.717) is 50.3 Å². The number of nitrogens with one attached hydrogen (secondary N) is 2. The van der Waals surface area contributed by atoms with Crippen LogP contribution in [0.3, 0.4) is 0 Å². The first-order valence-electron chi connectivity index (χ1n) is 11.6. The average Bonchev–Trinajstić information content (AvgIpc) is 2.84. The number of carbonyl (C=O) groups is 2. The fraction of sp³-hybridized carbons (Fsp3) is 0.440. The van der Waals surface area contributed by atoms with Gasteiger partial charge < -0.3 is 15.0 Å². The second-order valence-electron chi connectivity index (χ2n) is 8.43. The number of aryl methyl sites for hydroxylation is 1. The Balaban J connectivity index is 1.55. The number of methoxy groups -OCH3 is 1. The molecule has 1 aliphatic rings. The van der Waals surface area contributed by atoms with Crippen LogP contribution in [-0.2, 0) is 26.0 Å². The van der Waals surface area contributed by atoms with Crippen molar-refractivity contribution in [1.29, 1.82) is 0 Å². The molecule has 1 aliphatic heterocycles. The van der Waals surface area contributed by atoms with Gasteiger partial charge >= 0.3 is 0 Å². The number of ether oxygens (including phenoxy) is 1. The van der Waals surface area contributed by atoms with Gasteiger partial charge in [-0.05, 0) is 61.2 Å². The summed E-state index contributed by atoms with van der Waals surface area (Å²) in [4.78, 5) is 27.0. The van der Waals surface area contributed by atoms with Gasteiger partial charge in [-0.3, -0.25) is 14.3 Å². The van der Waals surface area contributed by atoms with Gasteiger partial charge in [-0.15, -0.1) is 0 Å². The molecule has 0 spiro atoms. The summed E-state index contributed by atoms with van der Waals surface area (Å²) < 4.78 is 32.9. The van der Waals surface area contributed by atoms with E-state index < -0.39 is 10.0 Å². The summed E-state index contributed by atoms with van der Waals surface area (Å²) in [6.45, 7) is 4.04. The van der Waals surface area contributed by atoms with Gasteiger partial charge in [0.2, 0.25) is 5.91 Å². The van der Waals surface area contributed by atoms with Crippen LogP contribution in [0.15, 0.2) is 53.4 Å². The van der Waals surface area contributed by atoms with Crippen LogP contribution in [0.5, 0.6) is 0 Å². The van der Waals surface area contributed by atoms with E-state index >= 15 is 0 Å². The third-order valence-electron chi connectivity index (χ3n) is 5.91. The molecule has 34 heavy (non-hydrogen) atoms. The predicted molar refractivity (Wildman–Crippen MR) is 131 cm³/mol. The number of carbonyl (C=O) groups excluding carboxylic acids is 2. The van der Waals surface area contributed by atoms with Crippen LogP contribution in [0.1, 0.15) is 42.1 Å². The van der Waals surface area contributed by atoms with E-state index in [1.165, 1.54) is 0 Å². The summed E-state index contributed by atoms with van der Waals surface area (Å²) in [5.41, 5.74) is 1.97. The summed E-state index contributed by atoms with van der Waals surface area (Å²) in [7, 11) is -2.13. The van der Waals surface area contributed by atoms with E-state index in [0.717, 1.165) is 18.4 Å². The molecular formula is C25H33N3O5S. The minimum atomic E-state index is -3.71. The maximum Gasteiger partial charge on any atom is 0.261 e. The first-order valence-corrected chi connectivity index (χ1v) is 13.1. The highest BCUT2D eigenvalue weighted by atomic mass is 32.2. The summed E-state index contributed by atoms with van der Waals surface area (Å²) in [6.07, 6.45) is 3.12. The molecule has 0 atom stereocenters. The number of likely N-dealkylation sites (tertiary alicyclic amines) is 1. The first-order chi connectivity index (χ1) is 16.3. The lowest BCUT2D eigenvalue weighted by Gasteiger charge is -2.31. The number of nitrogens with zero attached hydrogens (tertiary/aromatic N) is 1. The van der Waals surface area contributed by atoms with Crippen molar-refractivity contribution in [1.82, 2.24) is 10.2 Å². The van der Waals surface area contributed by atoms with Crippen LogP contribution < -0.4 is 10.0 Å². The standard InChI is InChI=1S/C25H33N3O5S/c1-3-4-19-5-11-23(12-6-19)34(31,32)27-22-9-7-21(8-10-22)25(30)28-16-13-20(14-17-28)24(29)26-15-18-33-2/h5-12,20,27H,3-4,13-18H2,1-2H3,(H,26,29). The third-order valence-corrected chi connectivity index (χ3v) is 7.31. The topological polar surface area (TPSA) is 105 Å². The van der Waals surface area contributed by atoms with Gasteiger partial charge in [-0.1, -0.05) is 25.5 Å². The minimum Gasteiger partial charge on any atom is -0.383 e. The fourth-order valence-electron chi connectivity index (χ4n) is 3.97. The van der Waals surface area contributed by atoms with E-state index in [4.69, 9.17) is 4.74 Å². The molecule has 0 saturated carbocycles. The third kappa shape index (κ3) is 6.80. The van der Waals surface area contributed by atoms with Crippen molar-refractivity contribution in [2.45, 2.75) is 37.5 Å². The predicted octanol–water partition coefficient (Wildman–Crippen LogP) is 3.05. The van der Waals surface area contributed by atoms with Crippen molar-refractivity contribution in [3.63, 3.8) is 0 Å². The maximum atomic E-state index is 12.9. The van der Waals surface area contributed by atoms with Crippen molar-refractivity contribution in [3.05, 3.63) is 59.7 Å². The van der Waals surface area contributed by atoms with E-state index in [1.807, 2.05) is 12.1 Å². The molecule has 0 aromatic heterocycles. The molecular weight excluding hydrogens is 454 g/mol. The largest absolute Gasteiger partial charge is 0.383 e. The summed E-state index contributed by atoms with van der Waals surface area (Å²) >= 11 is 0. The Hall–Kier alpha value is -2.91. The Bertz CT molecular complexity index is 1060. The lowest BCUT2D eigenvalue weighted by Crippen LogP contribution is -2.43. The number of hydrogen-bond donors (Lipinski definition) is 2. The molecule has 9 heteroatoms. The number of piperidine rings is 1. The van der Waals surface area contributed by atoms with E-state index in [9.17, 15) is 18.0 Å². The summed E-state index contributed by atoms with van der Waals surface area (Å²) in [6, 6.07) is 13.3. The highest BCUT2D eigenvalue weighted by Crippen LogP contribution is 2.21. The van der Waals surface area contributed by atoms with Crippen LogP contribution in [-0.4, -0.2) is 58.5 Å². The Morgan fingerprint density at radius 1 is 1.03 bits per heavy atom. The quantitative estimate of drug-likeness (QED) is 0.501. The number of hydrogen-bond acceptors (Lipinski definition) is 5. The Kier molecular flexibility index (Phi) is 9.06. The van der Waals surface area contributed by atoms with Crippen molar-refractivity contribution in [2.24, 2.45) is 5.92 Å². The van der Waals surface area contributed by atoms with Gasteiger partial charge in [0.1, 0.15) is 0 Å². The molecule has 0 radical (unpaired) electrons. The lowest BCUT2D eigenvalue weighted by molar-refractivity contribution is -0.126. The average molecular weight is 488 g/mol. The smallest absolute Gasteiger partial charge is 0.261 e. The first kappa shape index (κ1) is 25.7. The van der Waals surface area contributed by atoms with Crippen LogP contribution in [0, 0.1) is 5.92 Å². The van der Waals surface area contributed by atoms with Crippen molar-refractivity contribution in [3.8, 4) is 0 Å². The molecule has 0 bridgehead atoms. The van der Waals surface area contributed by atoms with Gasteiger partial charge in [-0.2, -0.15) is 0 Å². The van der Waals surface area contributed by atoms with Crippen LogP contribution in [0.2, 0.25) is 0 Å². The second kappa shape index (κ2) is 12.0. The van der Waals surface area contributed by atoms with Gasteiger partial charge in [0, 0.05) is 43.9 Å².